The van der Waals surface area contributed by atoms with Gasteiger partial charge in [0.2, 0.25) is 23.6 Å². The zero-order valence-corrected chi connectivity index (χ0v) is 23.0. The third-order valence-corrected chi connectivity index (χ3v) is 6.12. The molecule has 0 saturated carbocycles. The largest absolute Gasteiger partial charge is 0.480 e. The van der Waals surface area contributed by atoms with Crippen molar-refractivity contribution >= 4 is 35.6 Å². The molecule has 228 valence electrons. The van der Waals surface area contributed by atoms with E-state index in [2.05, 4.69) is 30.9 Å². The Morgan fingerprint density at radius 2 is 1.50 bits per heavy atom. The summed E-state index contributed by atoms with van der Waals surface area (Å²) < 4.78 is 0. The van der Waals surface area contributed by atoms with E-state index in [-0.39, 0.29) is 51.0 Å². The molecule has 2 aromatic rings. The molecule has 1 aromatic heterocycles. The van der Waals surface area contributed by atoms with Crippen molar-refractivity contribution in [2.45, 2.75) is 62.7 Å². The number of rotatable bonds is 18. The van der Waals surface area contributed by atoms with Crippen LogP contribution in [0.2, 0.25) is 0 Å². The number of aliphatic carboxylic acids is 1. The normalized spacial score (nSPS) is 13.5. The highest BCUT2D eigenvalue weighted by molar-refractivity contribution is 5.94. The highest BCUT2D eigenvalue weighted by Gasteiger charge is 2.30. The number of amides is 4. The van der Waals surface area contributed by atoms with Gasteiger partial charge in [-0.1, -0.05) is 30.3 Å². The average molecular weight is 587 g/mol. The summed E-state index contributed by atoms with van der Waals surface area (Å²) in [4.78, 5) is 73.2. The minimum atomic E-state index is -1.29. The average Bonchev–Trinajstić information content (AvgIpc) is 3.45. The first-order chi connectivity index (χ1) is 20.0. The van der Waals surface area contributed by atoms with Gasteiger partial charge in [-0.15, -0.1) is 0 Å². The SMILES string of the molecule is NC(=O)CCC(NC(=O)C(N)Cc1cnc[nH]1)C(=O)NC(CCCN=C(N)N)C(=O)NC(Cc1ccccc1)C(=O)O. The van der Waals surface area contributed by atoms with Crippen molar-refractivity contribution in [1.82, 2.24) is 25.9 Å². The number of carbonyl (C=O) groups is 5. The molecule has 0 fully saturated rings. The number of primary amides is 1. The molecular formula is C26H38N10O6. The maximum atomic E-state index is 13.3. The lowest BCUT2D eigenvalue weighted by Crippen LogP contribution is -2.57. The van der Waals surface area contributed by atoms with Gasteiger partial charge in [-0.25, -0.2) is 9.78 Å². The Hall–Kier alpha value is -4.99. The zero-order valence-electron chi connectivity index (χ0n) is 23.0. The summed E-state index contributed by atoms with van der Waals surface area (Å²) in [6, 6.07) is 3.86. The number of aromatic amines is 1. The number of H-pyrrole nitrogens is 1. The molecule has 13 N–H and O–H groups in total. The summed E-state index contributed by atoms with van der Waals surface area (Å²) in [6.07, 6.45) is 2.90. The second-order valence-corrected chi connectivity index (χ2v) is 9.55. The molecule has 4 unspecified atom stereocenters. The van der Waals surface area contributed by atoms with Gasteiger partial charge < -0.3 is 49.0 Å². The van der Waals surface area contributed by atoms with Gasteiger partial charge in [0, 0.05) is 37.7 Å². The molecule has 0 aliphatic carbocycles. The third kappa shape index (κ3) is 12.0. The minimum absolute atomic E-state index is 0.00208. The van der Waals surface area contributed by atoms with Crippen LogP contribution in [0.5, 0.6) is 0 Å². The van der Waals surface area contributed by atoms with Gasteiger partial charge in [0.1, 0.15) is 18.1 Å². The predicted molar refractivity (Wildman–Crippen MR) is 152 cm³/mol. The van der Waals surface area contributed by atoms with Crippen molar-refractivity contribution in [2.75, 3.05) is 6.54 Å². The second-order valence-electron chi connectivity index (χ2n) is 9.55. The van der Waals surface area contributed by atoms with Crippen LogP contribution in [0.4, 0.5) is 0 Å². The molecular weight excluding hydrogens is 548 g/mol. The molecule has 0 aliphatic rings. The van der Waals surface area contributed by atoms with Crippen LogP contribution in [-0.2, 0) is 36.8 Å². The molecule has 16 heteroatoms. The maximum absolute atomic E-state index is 13.3. The van der Waals surface area contributed by atoms with Crippen molar-refractivity contribution in [3.63, 3.8) is 0 Å². The van der Waals surface area contributed by atoms with Crippen LogP contribution >= 0.6 is 0 Å². The Kier molecular flexibility index (Phi) is 13.4. The summed E-state index contributed by atoms with van der Waals surface area (Å²) >= 11 is 0. The Morgan fingerprint density at radius 3 is 2.07 bits per heavy atom. The third-order valence-electron chi connectivity index (χ3n) is 6.12. The molecule has 16 nitrogen and oxygen atoms in total. The summed E-state index contributed by atoms with van der Waals surface area (Å²) in [5, 5.41) is 17.2. The van der Waals surface area contributed by atoms with Crippen LogP contribution < -0.4 is 38.9 Å². The van der Waals surface area contributed by atoms with E-state index in [1.54, 1.807) is 30.3 Å². The van der Waals surface area contributed by atoms with Gasteiger partial charge in [-0.3, -0.25) is 24.2 Å². The van der Waals surface area contributed by atoms with Gasteiger partial charge >= 0.3 is 5.97 Å². The summed E-state index contributed by atoms with van der Waals surface area (Å²) in [5.41, 5.74) is 23.2. The van der Waals surface area contributed by atoms with Crippen LogP contribution in [0.15, 0.2) is 47.8 Å². The van der Waals surface area contributed by atoms with Crippen molar-refractivity contribution in [2.24, 2.45) is 27.9 Å². The highest BCUT2D eigenvalue weighted by atomic mass is 16.4. The van der Waals surface area contributed by atoms with Gasteiger partial charge in [0.15, 0.2) is 5.96 Å². The summed E-state index contributed by atoms with van der Waals surface area (Å²) in [6.45, 7) is 0.138. The number of nitrogens with two attached hydrogens (primary N) is 4. The Morgan fingerprint density at radius 1 is 0.881 bits per heavy atom. The van der Waals surface area contributed by atoms with Crippen LogP contribution in [0.1, 0.15) is 36.9 Å². The van der Waals surface area contributed by atoms with E-state index >= 15 is 0 Å². The van der Waals surface area contributed by atoms with Crippen LogP contribution in [-0.4, -0.2) is 81.3 Å². The first-order valence-electron chi connectivity index (χ1n) is 13.2. The quantitative estimate of drug-likeness (QED) is 0.0498. The molecule has 0 radical (unpaired) electrons. The fourth-order valence-corrected chi connectivity index (χ4v) is 3.93. The Labute approximate surface area is 242 Å². The summed E-state index contributed by atoms with van der Waals surface area (Å²) in [5.74, 6) is -4.38. The molecule has 42 heavy (non-hydrogen) atoms. The number of benzene rings is 1. The number of nitrogens with one attached hydrogen (secondary N) is 4. The van der Waals surface area contributed by atoms with Crippen molar-refractivity contribution < 1.29 is 29.1 Å². The molecule has 0 spiro atoms. The monoisotopic (exact) mass is 586 g/mol. The van der Waals surface area contributed by atoms with Gasteiger partial charge in [-0.05, 0) is 24.8 Å². The lowest BCUT2D eigenvalue weighted by molar-refractivity contribution is -0.142. The molecule has 0 bridgehead atoms. The van der Waals surface area contributed by atoms with E-state index in [1.165, 1.54) is 12.5 Å². The summed E-state index contributed by atoms with van der Waals surface area (Å²) in [7, 11) is 0. The molecule has 1 heterocycles. The van der Waals surface area contributed by atoms with Crippen LogP contribution in [0.25, 0.3) is 0 Å². The van der Waals surface area contributed by atoms with Crippen molar-refractivity contribution in [1.29, 1.82) is 0 Å². The van der Waals surface area contributed by atoms with Crippen LogP contribution in [0, 0.1) is 0 Å². The van der Waals surface area contributed by atoms with E-state index < -0.39 is 53.8 Å². The number of nitrogens with zero attached hydrogens (tertiary/aromatic N) is 2. The number of aliphatic imine (C=N–C) groups is 1. The number of imidazole rings is 1. The van der Waals surface area contributed by atoms with E-state index in [0.717, 1.165) is 0 Å². The van der Waals surface area contributed by atoms with Gasteiger partial charge in [0.05, 0.1) is 12.4 Å². The topological polar surface area (TPSA) is 287 Å². The smallest absolute Gasteiger partial charge is 0.326 e. The Balaban J connectivity index is 2.18. The maximum Gasteiger partial charge on any atom is 0.326 e. The number of carbonyl (C=O) groups excluding carboxylic acids is 4. The highest BCUT2D eigenvalue weighted by Crippen LogP contribution is 2.07. The lowest BCUT2D eigenvalue weighted by Gasteiger charge is -2.25. The number of carboxylic acids is 1. The fourth-order valence-electron chi connectivity index (χ4n) is 3.93. The first kappa shape index (κ1) is 33.2. The van der Waals surface area contributed by atoms with Crippen LogP contribution in [0.3, 0.4) is 0 Å². The van der Waals surface area contributed by atoms with E-state index in [4.69, 9.17) is 22.9 Å². The molecule has 4 atom stereocenters. The van der Waals surface area contributed by atoms with E-state index in [0.29, 0.717) is 11.3 Å². The zero-order chi connectivity index (χ0) is 31.1. The predicted octanol–water partition coefficient (Wildman–Crippen LogP) is -2.62. The second kappa shape index (κ2) is 17.0. The molecule has 2 rings (SSSR count). The lowest BCUT2D eigenvalue weighted by atomic mass is 10.0. The first-order valence-corrected chi connectivity index (χ1v) is 13.2. The molecule has 0 aliphatic heterocycles. The van der Waals surface area contributed by atoms with Crippen molar-refractivity contribution in [3.8, 4) is 0 Å². The van der Waals surface area contributed by atoms with E-state index in [9.17, 15) is 29.1 Å². The van der Waals surface area contributed by atoms with Gasteiger partial charge in [-0.2, -0.15) is 0 Å². The van der Waals surface area contributed by atoms with Gasteiger partial charge in [0.25, 0.3) is 0 Å². The molecule has 4 amide bonds. The standard InChI is InChI=1S/C26H38N10O6/c27-17(12-16-13-31-14-33-16)22(38)34-19(8-9-21(28)37)24(40)35-18(7-4-10-32-26(29)30)23(39)36-20(25(41)42)11-15-5-2-1-3-6-15/h1-3,5-6,13-14,17-20H,4,7-12,27H2,(H2,28,37)(H,31,33)(H,34,38)(H,35,40)(H,36,39)(H,41,42)(H4,29,30,32). The molecule has 0 saturated heterocycles. The fraction of sp³-hybridized carbons (Fsp3) is 0.423. The van der Waals surface area contributed by atoms with E-state index in [1.807, 2.05) is 0 Å². The number of carboxylic acid groups (broad SMARTS) is 1. The Bertz CT molecular complexity index is 1220. The number of guanidine groups is 1. The number of hydrogen-bond acceptors (Lipinski definition) is 8. The molecule has 1 aromatic carbocycles. The van der Waals surface area contributed by atoms with Crippen molar-refractivity contribution in [3.05, 3.63) is 54.1 Å². The minimum Gasteiger partial charge on any atom is -0.480 e. The number of aromatic nitrogens is 2. The number of hydrogen-bond donors (Lipinski definition) is 9.